The third-order valence-corrected chi connectivity index (χ3v) is 3.81. The SMILES string of the molecule is O=C(CC1(O)C(=O)Nc2ccccc21)c1ccc(OC(F)F)cc1. The van der Waals surface area contributed by atoms with E-state index in [9.17, 15) is 23.5 Å². The first-order valence-electron chi connectivity index (χ1n) is 7.11. The summed E-state index contributed by atoms with van der Waals surface area (Å²) in [4.78, 5) is 24.4. The lowest BCUT2D eigenvalue weighted by Gasteiger charge is -2.20. The van der Waals surface area contributed by atoms with Gasteiger partial charge in [0, 0.05) is 16.8 Å². The number of amides is 1. The molecule has 7 heteroatoms. The standard InChI is InChI=1S/C17H13F2NO4/c18-16(19)24-11-7-5-10(6-8-11)14(21)9-17(23)12-3-1-2-4-13(12)20-15(17)22/h1-8,16,23H,9H2,(H,20,22). The zero-order chi connectivity index (χ0) is 17.3. The molecule has 1 aliphatic rings. The molecule has 0 saturated heterocycles. The molecule has 0 bridgehead atoms. The Morgan fingerprint density at radius 2 is 1.83 bits per heavy atom. The van der Waals surface area contributed by atoms with Gasteiger partial charge in [0.25, 0.3) is 5.91 Å². The summed E-state index contributed by atoms with van der Waals surface area (Å²) in [6.45, 7) is -2.95. The number of hydrogen-bond donors (Lipinski definition) is 2. The van der Waals surface area contributed by atoms with Crippen molar-refractivity contribution in [1.82, 2.24) is 0 Å². The Bertz CT molecular complexity index is 791. The van der Waals surface area contributed by atoms with E-state index in [1.165, 1.54) is 24.3 Å². The normalized spacial score (nSPS) is 19.1. The highest BCUT2D eigenvalue weighted by molar-refractivity contribution is 6.09. The molecular weight excluding hydrogens is 320 g/mol. The number of fused-ring (bicyclic) bond motifs is 1. The van der Waals surface area contributed by atoms with E-state index in [2.05, 4.69) is 10.1 Å². The molecule has 5 nitrogen and oxygen atoms in total. The van der Waals surface area contributed by atoms with Gasteiger partial charge in [-0.05, 0) is 30.3 Å². The highest BCUT2D eigenvalue weighted by Crippen LogP contribution is 2.38. The van der Waals surface area contributed by atoms with Crippen LogP contribution in [0.1, 0.15) is 22.3 Å². The number of ketones is 1. The lowest BCUT2D eigenvalue weighted by Crippen LogP contribution is -2.36. The van der Waals surface area contributed by atoms with Crippen molar-refractivity contribution < 1.29 is 28.2 Å². The van der Waals surface area contributed by atoms with Crippen molar-refractivity contribution in [2.24, 2.45) is 0 Å². The smallest absolute Gasteiger partial charge is 0.387 e. The Kier molecular flexibility index (Phi) is 4.02. The number of ether oxygens (including phenoxy) is 1. The number of carbonyl (C=O) groups is 2. The summed E-state index contributed by atoms with van der Waals surface area (Å²) in [6.07, 6.45) is -0.453. The average Bonchev–Trinajstić information content (AvgIpc) is 2.79. The Morgan fingerprint density at radius 1 is 1.17 bits per heavy atom. The van der Waals surface area contributed by atoms with Gasteiger partial charge in [0.2, 0.25) is 0 Å². The molecule has 3 rings (SSSR count). The van der Waals surface area contributed by atoms with E-state index in [0.29, 0.717) is 11.3 Å². The number of carbonyl (C=O) groups excluding carboxylic acids is 2. The molecule has 0 saturated carbocycles. The third-order valence-electron chi connectivity index (χ3n) is 3.81. The van der Waals surface area contributed by atoms with Gasteiger partial charge in [0.05, 0.1) is 6.42 Å². The van der Waals surface area contributed by atoms with Crippen LogP contribution in [0.25, 0.3) is 0 Å². The molecule has 124 valence electrons. The summed E-state index contributed by atoms with van der Waals surface area (Å²) in [7, 11) is 0. The predicted molar refractivity (Wildman–Crippen MR) is 81.0 cm³/mol. The van der Waals surface area contributed by atoms with Crippen molar-refractivity contribution >= 4 is 17.4 Å². The van der Waals surface area contributed by atoms with Crippen LogP contribution in [0.3, 0.4) is 0 Å². The molecule has 0 aromatic heterocycles. The molecule has 1 aliphatic heterocycles. The van der Waals surface area contributed by atoms with E-state index >= 15 is 0 Å². The Balaban J connectivity index is 1.81. The zero-order valence-corrected chi connectivity index (χ0v) is 12.3. The number of alkyl halides is 2. The van der Waals surface area contributed by atoms with E-state index in [4.69, 9.17) is 0 Å². The molecule has 0 spiro atoms. The molecule has 2 aromatic carbocycles. The maximum Gasteiger partial charge on any atom is 0.387 e. The minimum absolute atomic E-state index is 0.0794. The van der Waals surface area contributed by atoms with E-state index in [-0.39, 0.29) is 11.3 Å². The van der Waals surface area contributed by atoms with Crippen LogP contribution in [0.5, 0.6) is 5.75 Å². The maximum atomic E-state index is 12.4. The molecule has 1 amide bonds. The van der Waals surface area contributed by atoms with Crippen molar-refractivity contribution in [3.63, 3.8) is 0 Å². The van der Waals surface area contributed by atoms with Crippen molar-refractivity contribution in [1.29, 1.82) is 0 Å². The molecular formula is C17H13F2NO4. The highest BCUT2D eigenvalue weighted by Gasteiger charge is 2.46. The van der Waals surface area contributed by atoms with Crippen molar-refractivity contribution in [2.75, 3.05) is 5.32 Å². The van der Waals surface area contributed by atoms with Crippen LogP contribution < -0.4 is 10.1 Å². The number of nitrogens with one attached hydrogen (secondary N) is 1. The largest absolute Gasteiger partial charge is 0.435 e. The molecule has 2 N–H and O–H groups in total. The van der Waals surface area contributed by atoms with Crippen LogP contribution in [-0.4, -0.2) is 23.4 Å². The Labute approximate surface area is 135 Å². The Morgan fingerprint density at radius 3 is 2.50 bits per heavy atom. The van der Waals surface area contributed by atoms with Gasteiger partial charge in [-0.2, -0.15) is 8.78 Å². The second-order valence-electron chi connectivity index (χ2n) is 5.36. The topological polar surface area (TPSA) is 75.6 Å². The molecule has 0 fully saturated rings. The zero-order valence-electron chi connectivity index (χ0n) is 12.3. The van der Waals surface area contributed by atoms with Gasteiger partial charge >= 0.3 is 6.61 Å². The molecule has 1 atom stereocenters. The second kappa shape index (κ2) is 6.01. The van der Waals surface area contributed by atoms with E-state index in [1.807, 2.05) is 0 Å². The summed E-state index contributed by atoms with van der Waals surface area (Å²) in [5.74, 6) is -1.24. The molecule has 0 aliphatic carbocycles. The van der Waals surface area contributed by atoms with Crippen molar-refractivity contribution in [3.8, 4) is 5.75 Å². The first-order chi connectivity index (χ1) is 11.4. The van der Waals surface area contributed by atoms with Crippen molar-refractivity contribution in [2.45, 2.75) is 18.6 Å². The molecule has 1 unspecified atom stereocenters. The van der Waals surface area contributed by atoms with Crippen LogP contribution in [0.2, 0.25) is 0 Å². The van der Waals surface area contributed by atoms with E-state index in [1.54, 1.807) is 24.3 Å². The number of hydrogen-bond acceptors (Lipinski definition) is 4. The van der Waals surface area contributed by atoms with Gasteiger partial charge < -0.3 is 15.2 Å². The average molecular weight is 333 g/mol. The van der Waals surface area contributed by atoms with Gasteiger partial charge in [-0.15, -0.1) is 0 Å². The summed E-state index contributed by atoms with van der Waals surface area (Å²) in [5, 5.41) is 13.2. The lowest BCUT2D eigenvalue weighted by atomic mass is 9.88. The molecule has 0 radical (unpaired) electrons. The van der Waals surface area contributed by atoms with Gasteiger partial charge in [-0.25, -0.2) is 0 Å². The number of Topliss-reactive ketones (excluding diaryl/α,β-unsaturated/α-hetero) is 1. The number of halogens is 2. The predicted octanol–water partition coefficient (Wildman–Crippen LogP) is 2.70. The second-order valence-corrected chi connectivity index (χ2v) is 5.36. The quantitative estimate of drug-likeness (QED) is 0.825. The number of para-hydroxylation sites is 1. The van der Waals surface area contributed by atoms with Gasteiger partial charge in [0.15, 0.2) is 11.4 Å². The minimum Gasteiger partial charge on any atom is -0.435 e. The minimum atomic E-state index is -2.95. The fourth-order valence-corrected chi connectivity index (χ4v) is 2.63. The number of benzene rings is 2. The van der Waals surface area contributed by atoms with Crippen LogP contribution in [0.4, 0.5) is 14.5 Å². The summed E-state index contributed by atoms with van der Waals surface area (Å²) < 4.78 is 28.4. The highest BCUT2D eigenvalue weighted by atomic mass is 19.3. The van der Waals surface area contributed by atoms with Gasteiger partial charge in [-0.3, -0.25) is 9.59 Å². The van der Waals surface area contributed by atoms with Crippen LogP contribution in [0.15, 0.2) is 48.5 Å². The fraction of sp³-hybridized carbons (Fsp3) is 0.176. The summed E-state index contributed by atoms with van der Waals surface area (Å²) >= 11 is 0. The van der Waals surface area contributed by atoms with Crippen LogP contribution >= 0.6 is 0 Å². The molecule has 2 aromatic rings. The molecule has 1 heterocycles. The number of anilines is 1. The number of rotatable bonds is 5. The summed E-state index contributed by atoms with van der Waals surface area (Å²) in [5.41, 5.74) is -0.979. The molecule has 24 heavy (non-hydrogen) atoms. The lowest BCUT2D eigenvalue weighted by molar-refractivity contribution is -0.133. The maximum absolute atomic E-state index is 12.4. The monoisotopic (exact) mass is 333 g/mol. The first-order valence-corrected chi connectivity index (χ1v) is 7.11. The first kappa shape index (κ1) is 16.1. The van der Waals surface area contributed by atoms with Crippen LogP contribution in [-0.2, 0) is 10.4 Å². The van der Waals surface area contributed by atoms with Gasteiger partial charge in [-0.1, -0.05) is 18.2 Å². The van der Waals surface area contributed by atoms with E-state index in [0.717, 1.165) is 0 Å². The van der Waals surface area contributed by atoms with Gasteiger partial charge in [0.1, 0.15) is 5.75 Å². The Hall–Kier alpha value is -2.80. The van der Waals surface area contributed by atoms with Crippen LogP contribution in [0, 0.1) is 0 Å². The number of aliphatic hydroxyl groups is 1. The van der Waals surface area contributed by atoms with E-state index < -0.39 is 30.3 Å². The summed E-state index contributed by atoms with van der Waals surface area (Å²) in [6, 6.07) is 11.6. The fourth-order valence-electron chi connectivity index (χ4n) is 2.63. The third kappa shape index (κ3) is 2.85. The van der Waals surface area contributed by atoms with Crippen molar-refractivity contribution in [3.05, 3.63) is 59.7 Å².